The van der Waals surface area contributed by atoms with Crippen molar-refractivity contribution in [3.8, 4) is 0 Å². The summed E-state index contributed by atoms with van der Waals surface area (Å²) in [5, 5.41) is 9.66. The molecule has 4 rings (SSSR count). The maximum Gasteiger partial charge on any atom is 0.410 e. The van der Waals surface area contributed by atoms with E-state index in [9.17, 15) is 18.0 Å². The van der Waals surface area contributed by atoms with Crippen LogP contribution in [-0.4, -0.2) is 21.9 Å². The number of halogens is 7. The number of benzene rings is 2. The van der Waals surface area contributed by atoms with Crippen LogP contribution in [0.15, 0.2) is 46.9 Å². The number of carbonyl (C=O) groups excluding carboxylic acids is 1. The van der Waals surface area contributed by atoms with E-state index in [1.807, 2.05) is 0 Å². The van der Waals surface area contributed by atoms with Gasteiger partial charge in [-0.15, -0.1) is 0 Å². The molecule has 12 heteroatoms. The normalized spacial score (nSPS) is 18.1. The number of nitrogens with one attached hydrogen (secondary N) is 2. The summed E-state index contributed by atoms with van der Waals surface area (Å²) in [4.78, 5) is 12.8. The lowest BCUT2D eigenvalue weighted by molar-refractivity contribution is -0.173. The molecular formula is C20H13BrCl3F3N4O. The molecule has 0 saturated heterocycles. The number of nitrogens with zero attached hydrogens (tertiary/aromatic N) is 2. The molecule has 3 aromatic rings. The molecule has 0 unspecified atom stereocenters. The molecule has 0 aliphatic carbocycles. The zero-order valence-electron chi connectivity index (χ0n) is 15.9. The Balaban J connectivity index is 1.71. The first-order valence-electron chi connectivity index (χ1n) is 9.17. The average Bonchev–Trinajstić information content (AvgIpc) is 3.06. The minimum atomic E-state index is -4.61. The smallest absolute Gasteiger partial charge is 0.362 e. The fourth-order valence-electron chi connectivity index (χ4n) is 3.42. The molecule has 0 spiro atoms. The number of carbonyl (C=O) groups is 1. The quantitative estimate of drug-likeness (QED) is 0.344. The van der Waals surface area contributed by atoms with Gasteiger partial charge < -0.3 is 10.6 Å². The fraction of sp³-hybridized carbons (Fsp3) is 0.200. The van der Waals surface area contributed by atoms with Crippen LogP contribution in [0.3, 0.4) is 0 Å². The summed E-state index contributed by atoms with van der Waals surface area (Å²) in [6.07, 6.45) is -4.93. The number of hydrogen-bond acceptors (Lipinski definition) is 3. The van der Waals surface area contributed by atoms with Crippen molar-refractivity contribution in [3.05, 3.63) is 73.3 Å². The Morgan fingerprint density at radius 1 is 1.16 bits per heavy atom. The second kappa shape index (κ2) is 8.78. The van der Waals surface area contributed by atoms with Gasteiger partial charge in [0.05, 0.1) is 16.8 Å². The lowest BCUT2D eigenvalue weighted by Crippen LogP contribution is -2.35. The molecule has 2 heterocycles. The van der Waals surface area contributed by atoms with Gasteiger partial charge in [0.1, 0.15) is 10.8 Å². The Labute approximate surface area is 204 Å². The molecule has 1 amide bonds. The highest BCUT2D eigenvalue weighted by molar-refractivity contribution is 9.10. The molecule has 0 bridgehead atoms. The molecule has 0 fully saturated rings. The van der Waals surface area contributed by atoms with Crippen molar-refractivity contribution < 1.29 is 18.0 Å². The Morgan fingerprint density at radius 2 is 1.84 bits per heavy atom. The molecule has 2 atom stereocenters. The molecule has 32 heavy (non-hydrogen) atoms. The first-order valence-corrected chi connectivity index (χ1v) is 11.1. The molecule has 2 aromatic carbocycles. The topological polar surface area (TPSA) is 59.0 Å². The molecule has 168 valence electrons. The summed E-state index contributed by atoms with van der Waals surface area (Å²) >= 11 is 21.6. The number of hydrogen-bond donors (Lipinski definition) is 2. The van der Waals surface area contributed by atoms with Gasteiger partial charge in [-0.25, -0.2) is 4.68 Å². The summed E-state index contributed by atoms with van der Waals surface area (Å²) in [5.74, 6) is -0.903. The van der Waals surface area contributed by atoms with Gasteiger partial charge >= 0.3 is 6.18 Å². The van der Waals surface area contributed by atoms with Crippen LogP contribution in [0.1, 0.15) is 34.6 Å². The molecule has 1 aromatic heterocycles. The molecule has 0 saturated carbocycles. The van der Waals surface area contributed by atoms with Gasteiger partial charge in [0.15, 0.2) is 11.7 Å². The SMILES string of the molecule is O=C(Nc1cc(Cl)ccc1Cl)c1nn2c(c1Cl)N[C@H](c1ccc(Br)cc1)C[C@@H]2C(F)(F)F. The van der Waals surface area contributed by atoms with Crippen molar-refractivity contribution in [1.82, 2.24) is 9.78 Å². The van der Waals surface area contributed by atoms with Crippen molar-refractivity contribution in [1.29, 1.82) is 0 Å². The summed E-state index contributed by atoms with van der Waals surface area (Å²) in [5.41, 5.74) is 0.456. The lowest BCUT2D eigenvalue weighted by Gasteiger charge is -2.33. The van der Waals surface area contributed by atoms with Crippen LogP contribution in [0, 0.1) is 0 Å². The number of fused-ring (bicyclic) bond motifs is 1. The van der Waals surface area contributed by atoms with E-state index in [1.165, 1.54) is 18.2 Å². The standard InChI is InChI=1S/C20H13BrCl3F3N4O/c21-10-3-1-9(2-4-10)13-8-15(20(25,26)27)31-18(28-13)16(24)17(30-31)19(32)29-14-7-11(22)5-6-12(14)23/h1-7,13,15,28H,8H2,(H,29,32)/t13-,15+/m0/s1. The van der Waals surface area contributed by atoms with Crippen LogP contribution in [-0.2, 0) is 0 Å². The minimum absolute atomic E-state index is 0.0875. The van der Waals surface area contributed by atoms with Gasteiger partial charge in [-0.05, 0) is 35.9 Å². The van der Waals surface area contributed by atoms with E-state index in [-0.39, 0.29) is 33.7 Å². The third kappa shape index (κ3) is 4.57. The summed E-state index contributed by atoms with van der Waals surface area (Å²) in [6.45, 7) is 0. The number of rotatable bonds is 3. The summed E-state index contributed by atoms with van der Waals surface area (Å²) in [6, 6.07) is 8.66. The van der Waals surface area contributed by atoms with Crippen LogP contribution in [0.5, 0.6) is 0 Å². The first-order chi connectivity index (χ1) is 15.0. The predicted molar refractivity (Wildman–Crippen MR) is 122 cm³/mol. The summed E-state index contributed by atoms with van der Waals surface area (Å²) < 4.78 is 43.2. The Bertz CT molecular complexity index is 1180. The third-order valence-electron chi connectivity index (χ3n) is 4.96. The van der Waals surface area contributed by atoms with Gasteiger partial charge in [0.25, 0.3) is 5.91 Å². The lowest BCUT2D eigenvalue weighted by atomic mass is 9.97. The van der Waals surface area contributed by atoms with Gasteiger partial charge in [0.2, 0.25) is 0 Å². The first kappa shape index (κ1) is 23.2. The van der Waals surface area contributed by atoms with E-state index >= 15 is 0 Å². The van der Waals surface area contributed by atoms with Gasteiger partial charge in [-0.1, -0.05) is 62.9 Å². The summed E-state index contributed by atoms with van der Waals surface area (Å²) in [7, 11) is 0. The van der Waals surface area contributed by atoms with Crippen molar-refractivity contribution >= 4 is 68.1 Å². The highest BCUT2D eigenvalue weighted by atomic mass is 79.9. The minimum Gasteiger partial charge on any atom is -0.362 e. The monoisotopic (exact) mass is 566 g/mol. The van der Waals surface area contributed by atoms with E-state index in [4.69, 9.17) is 34.8 Å². The van der Waals surface area contributed by atoms with Gasteiger partial charge in [-0.2, -0.15) is 18.3 Å². The number of anilines is 2. The zero-order chi connectivity index (χ0) is 23.2. The number of amides is 1. The van der Waals surface area contributed by atoms with Crippen molar-refractivity contribution in [2.24, 2.45) is 0 Å². The Morgan fingerprint density at radius 3 is 2.50 bits per heavy atom. The third-order valence-corrected chi connectivity index (χ3v) is 6.41. The van der Waals surface area contributed by atoms with Gasteiger partial charge in [0, 0.05) is 15.9 Å². The van der Waals surface area contributed by atoms with Gasteiger partial charge in [-0.3, -0.25) is 4.79 Å². The van der Waals surface area contributed by atoms with E-state index in [1.54, 1.807) is 24.3 Å². The fourth-order valence-corrected chi connectivity index (χ4v) is 4.29. The molecule has 1 aliphatic heterocycles. The second-order valence-electron chi connectivity index (χ2n) is 7.08. The van der Waals surface area contributed by atoms with E-state index < -0.39 is 24.2 Å². The Kier molecular flexibility index (Phi) is 6.37. The zero-order valence-corrected chi connectivity index (χ0v) is 19.7. The van der Waals surface area contributed by atoms with Crippen molar-refractivity contribution in [2.75, 3.05) is 10.6 Å². The number of aromatic nitrogens is 2. The van der Waals surface area contributed by atoms with Crippen molar-refractivity contribution in [3.63, 3.8) is 0 Å². The van der Waals surface area contributed by atoms with E-state index in [0.717, 1.165) is 4.47 Å². The van der Waals surface area contributed by atoms with Crippen LogP contribution in [0.2, 0.25) is 15.1 Å². The molecular weight excluding hydrogens is 556 g/mol. The molecule has 2 N–H and O–H groups in total. The maximum atomic E-state index is 13.9. The maximum absolute atomic E-state index is 13.9. The molecule has 5 nitrogen and oxygen atoms in total. The van der Waals surface area contributed by atoms with E-state index in [0.29, 0.717) is 15.3 Å². The number of alkyl halides is 3. The van der Waals surface area contributed by atoms with Crippen LogP contribution < -0.4 is 10.6 Å². The van der Waals surface area contributed by atoms with Crippen molar-refractivity contribution in [2.45, 2.75) is 24.7 Å². The Hall–Kier alpha value is -1.94. The molecule has 0 radical (unpaired) electrons. The van der Waals surface area contributed by atoms with Crippen LogP contribution in [0.4, 0.5) is 24.7 Å². The van der Waals surface area contributed by atoms with Crippen LogP contribution in [0.25, 0.3) is 0 Å². The highest BCUT2D eigenvalue weighted by Crippen LogP contribution is 2.46. The van der Waals surface area contributed by atoms with E-state index in [2.05, 4.69) is 31.7 Å². The highest BCUT2D eigenvalue weighted by Gasteiger charge is 2.47. The largest absolute Gasteiger partial charge is 0.410 e. The second-order valence-corrected chi connectivity index (χ2v) is 9.21. The molecule has 1 aliphatic rings. The average molecular weight is 569 g/mol. The van der Waals surface area contributed by atoms with Crippen LogP contribution >= 0.6 is 50.7 Å². The predicted octanol–water partition coefficient (Wildman–Crippen LogP) is 7.52.